The van der Waals surface area contributed by atoms with Crippen molar-refractivity contribution in [3.8, 4) is 0 Å². The fourth-order valence-electron chi connectivity index (χ4n) is 3.46. The molecule has 0 radical (unpaired) electrons. The molecule has 1 N–H and O–H groups in total. The zero-order valence-electron chi connectivity index (χ0n) is 16.0. The molecule has 0 unspecified atom stereocenters. The van der Waals surface area contributed by atoms with Crippen LogP contribution < -0.4 is 5.32 Å². The Kier molecular flexibility index (Phi) is 4.89. The fourth-order valence-corrected chi connectivity index (χ4v) is 3.46. The molecule has 0 spiro atoms. The third-order valence-corrected chi connectivity index (χ3v) is 5.03. The zero-order chi connectivity index (χ0) is 19.5. The van der Waals surface area contributed by atoms with Crippen LogP contribution in [0.5, 0.6) is 0 Å². The molecule has 0 atom stereocenters. The van der Waals surface area contributed by atoms with Gasteiger partial charge in [0.1, 0.15) is 0 Å². The number of fused-ring (bicyclic) bond motifs is 1. The first-order valence-corrected chi connectivity index (χ1v) is 9.32. The average molecular weight is 370 g/mol. The van der Waals surface area contributed by atoms with Gasteiger partial charge in [0, 0.05) is 29.4 Å². The standard InChI is InChI=1S/C23H22N4O/c1-16-21(17(2)27(26-16)15-18-8-4-3-5-9-18)14-25-23(28)20-12-13-24-22-11-7-6-10-19(20)22/h3-13H,14-15H2,1-2H3,(H,25,28). The van der Waals surface area contributed by atoms with Gasteiger partial charge in [-0.2, -0.15) is 5.10 Å². The quantitative estimate of drug-likeness (QED) is 0.577. The molecule has 0 aliphatic rings. The summed E-state index contributed by atoms with van der Waals surface area (Å²) in [4.78, 5) is 17.1. The van der Waals surface area contributed by atoms with Crippen molar-refractivity contribution >= 4 is 16.8 Å². The van der Waals surface area contributed by atoms with Gasteiger partial charge in [-0.05, 0) is 31.5 Å². The third kappa shape index (κ3) is 3.51. The number of para-hydroxylation sites is 1. The first kappa shape index (κ1) is 17.9. The summed E-state index contributed by atoms with van der Waals surface area (Å²) < 4.78 is 1.99. The Labute approximate surface area is 164 Å². The fraction of sp³-hybridized carbons (Fsp3) is 0.174. The Morgan fingerprint density at radius 3 is 2.57 bits per heavy atom. The van der Waals surface area contributed by atoms with Gasteiger partial charge in [0.25, 0.3) is 5.91 Å². The van der Waals surface area contributed by atoms with Crippen molar-refractivity contribution in [2.75, 3.05) is 0 Å². The molecule has 140 valence electrons. The normalized spacial score (nSPS) is 10.9. The molecule has 4 aromatic rings. The van der Waals surface area contributed by atoms with E-state index in [1.165, 1.54) is 5.56 Å². The van der Waals surface area contributed by atoms with Gasteiger partial charge in [-0.1, -0.05) is 48.5 Å². The SMILES string of the molecule is Cc1nn(Cc2ccccc2)c(C)c1CNC(=O)c1ccnc2ccccc12. The van der Waals surface area contributed by atoms with Crippen LogP contribution in [0.25, 0.3) is 10.9 Å². The molecule has 0 saturated heterocycles. The van der Waals surface area contributed by atoms with Crippen LogP contribution in [-0.2, 0) is 13.1 Å². The highest BCUT2D eigenvalue weighted by Crippen LogP contribution is 2.18. The lowest BCUT2D eigenvalue weighted by Crippen LogP contribution is -2.23. The molecule has 0 aliphatic heterocycles. The van der Waals surface area contributed by atoms with Crippen molar-refractivity contribution in [1.82, 2.24) is 20.1 Å². The molecule has 5 heteroatoms. The predicted octanol–water partition coefficient (Wildman–Crippen LogP) is 4.03. The number of hydrogen-bond acceptors (Lipinski definition) is 3. The highest BCUT2D eigenvalue weighted by Gasteiger charge is 2.15. The van der Waals surface area contributed by atoms with E-state index in [1.807, 2.05) is 61.0 Å². The van der Waals surface area contributed by atoms with Gasteiger partial charge in [-0.15, -0.1) is 0 Å². The maximum atomic E-state index is 12.8. The van der Waals surface area contributed by atoms with Crippen LogP contribution in [-0.4, -0.2) is 20.7 Å². The number of rotatable bonds is 5. The summed E-state index contributed by atoms with van der Waals surface area (Å²) in [6.45, 7) is 5.20. The molecule has 5 nitrogen and oxygen atoms in total. The maximum absolute atomic E-state index is 12.8. The van der Waals surface area contributed by atoms with E-state index in [1.54, 1.807) is 12.3 Å². The van der Waals surface area contributed by atoms with Crippen LogP contribution in [0.2, 0.25) is 0 Å². The molecule has 2 aromatic heterocycles. The number of carbonyl (C=O) groups excluding carboxylic acids is 1. The maximum Gasteiger partial charge on any atom is 0.252 e. The zero-order valence-corrected chi connectivity index (χ0v) is 16.0. The highest BCUT2D eigenvalue weighted by molar-refractivity contribution is 6.05. The number of carbonyl (C=O) groups is 1. The summed E-state index contributed by atoms with van der Waals surface area (Å²) in [5, 5.41) is 8.56. The van der Waals surface area contributed by atoms with Crippen LogP contribution in [0, 0.1) is 13.8 Å². The van der Waals surface area contributed by atoms with Crippen LogP contribution >= 0.6 is 0 Å². The molecule has 1 amide bonds. The molecule has 0 bridgehead atoms. The topological polar surface area (TPSA) is 59.8 Å². The average Bonchev–Trinajstić information content (AvgIpc) is 2.99. The number of hydrogen-bond donors (Lipinski definition) is 1. The van der Waals surface area contributed by atoms with Crippen molar-refractivity contribution < 1.29 is 4.79 Å². The van der Waals surface area contributed by atoms with Gasteiger partial charge in [0.15, 0.2) is 0 Å². The minimum Gasteiger partial charge on any atom is -0.348 e. The van der Waals surface area contributed by atoms with Gasteiger partial charge < -0.3 is 5.32 Å². The Hall–Kier alpha value is -3.47. The van der Waals surface area contributed by atoms with Crippen LogP contribution in [0.15, 0.2) is 66.9 Å². The Balaban J connectivity index is 1.52. The van der Waals surface area contributed by atoms with E-state index < -0.39 is 0 Å². The van der Waals surface area contributed by atoms with Gasteiger partial charge in [-0.25, -0.2) is 0 Å². The highest BCUT2D eigenvalue weighted by atomic mass is 16.1. The Morgan fingerprint density at radius 2 is 1.75 bits per heavy atom. The van der Waals surface area contributed by atoms with Gasteiger partial charge in [0.05, 0.1) is 23.3 Å². The molecular weight excluding hydrogens is 348 g/mol. The van der Waals surface area contributed by atoms with E-state index in [9.17, 15) is 4.79 Å². The third-order valence-electron chi connectivity index (χ3n) is 5.03. The number of aromatic nitrogens is 3. The van der Waals surface area contributed by atoms with E-state index in [-0.39, 0.29) is 5.91 Å². The number of amides is 1. The molecule has 28 heavy (non-hydrogen) atoms. The van der Waals surface area contributed by atoms with Crippen molar-refractivity contribution in [3.05, 3.63) is 94.9 Å². The lowest BCUT2D eigenvalue weighted by Gasteiger charge is -2.09. The second-order valence-corrected chi connectivity index (χ2v) is 6.85. The van der Waals surface area contributed by atoms with Gasteiger partial charge >= 0.3 is 0 Å². The van der Waals surface area contributed by atoms with E-state index in [2.05, 4.69) is 27.5 Å². The van der Waals surface area contributed by atoms with Crippen LogP contribution in [0.3, 0.4) is 0 Å². The molecule has 0 fully saturated rings. The molecular formula is C23H22N4O. The molecule has 0 aliphatic carbocycles. The van der Waals surface area contributed by atoms with E-state index in [4.69, 9.17) is 0 Å². The van der Waals surface area contributed by atoms with Crippen molar-refractivity contribution in [2.45, 2.75) is 26.9 Å². The summed E-state index contributed by atoms with van der Waals surface area (Å²) >= 11 is 0. The monoisotopic (exact) mass is 370 g/mol. The van der Waals surface area contributed by atoms with Crippen molar-refractivity contribution in [3.63, 3.8) is 0 Å². The summed E-state index contributed by atoms with van der Waals surface area (Å²) in [5.74, 6) is -0.104. The second kappa shape index (κ2) is 7.64. The predicted molar refractivity (Wildman–Crippen MR) is 110 cm³/mol. The second-order valence-electron chi connectivity index (χ2n) is 6.85. The molecule has 2 heterocycles. The molecule has 4 rings (SSSR count). The van der Waals surface area contributed by atoms with Crippen LogP contribution in [0.4, 0.5) is 0 Å². The van der Waals surface area contributed by atoms with E-state index in [0.717, 1.165) is 34.4 Å². The summed E-state index contributed by atoms with van der Waals surface area (Å²) in [5.41, 5.74) is 5.72. The number of benzene rings is 2. The minimum absolute atomic E-state index is 0.104. The number of aryl methyl sites for hydroxylation is 1. The number of nitrogens with one attached hydrogen (secondary N) is 1. The van der Waals surface area contributed by atoms with Crippen molar-refractivity contribution in [2.24, 2.45) is 0 Å². The molecule has 0 saturated carbocycles. The lowest BCUT2D eigenvalue weighted by molar-refractivity contribution is 0.0952. The summed E-state index contributed by atoms with van der Waals surface area (Å²) in [6.07, 6.45) is 1.67. The van der Waals surface area contributed by atoms with E-state index >= 15 is 0 Å². The molecule has 2 aromatic carbocycles. The summed E-state index contributed by atoms with van der Waals surface area (Å²) in [7, 11) is 0. The smallest absolute Gasteiger partial charge is 0.252 e. The summed E-state index contributed by atoms with van der Waals surface area (Å²) in [6, 6.07) is 19.7. The Morgan fingerprint density at radius 1 is 1.00 bits per heavy atom. The van der Waals surface area contributed by atoms with Crippen molar-refractivity contribution in [1.29, 1.82) is 0 Å². The van der Waals surface area contributed by atoms with Crippen LogP contribution in [0.1, 0.15) is 32.9 Å². The van der Waals surface area contributed by atoms with E-state index in [0.29, 0.717) is 12.1 Å². The van der Waals surface area contributed by atoms with Gasteiger partial charge in [-0.3, -0.25) is 14.5 Å². The lowest BCUT2D eigenvalue weighted by atomic mass is 10.1. The number of nitrogens with zero attached hydrogens (tertiary/aromatic N) is 3. The minimum atomic E-state index is -0.104. The first-order chi connectivity index (χ1) is 13.6. The largest absolute Gasteiger partial charge is 0.348 e. The Bertz CT molecular complexity index is 1130. The van der Waals surface area contributed by atoms with Gasteiger partial charge in [0.2, 0.25) is 0 Å². The number of pyridine rings is 1. The first-order valence-electron chi connectivity index (χ1n) is 9.32.